The highest BCUT2D eigenvalue weighted by Crippen LogP contribution is 1.80. The largest absolute Gasteiger partial charge is 0.480 e. The average molecular weight is 132 g/mol. The summed E-state index contributed by atoms with van der Waals surface area (Å²) in [4.78, 5) is 10.1. The fraction of sp³-hybridized carbons (Fsp3) is 0.800. The van der Waals surface area contributed by atoms with Crippen LogP contribution in [0.5, 0.6) is 0 Å². The van der Waals surface area contributed by atoms with Crippen LogP contribution in [0.15, 0.2) is 0 Å². The SMILES string of the molecule is CC(N)NC(C)C(=O)O. The van der Waals surface area contributed by atoms with Crippen molar-refractivity contribution in [2.45, 2.75) is 26.1 Å². The van der Waals surface area contributed by atoms with Crippen molar-refractivity contribution in [3.8, 4) is 0 Å². The second-order valence-electron chi connectivity index (χ2n) is 2.02. The van der Waals surface area contributed by atoms with Crippen LogP contribution in [0.3, 0.4) is 0 Å². The number of hydrogen-bond donors (Lipinski definition) is 3. The first-order chi connectivity index (χ1) is 4.04. The number of carboxylic acid groups (broad SMARTS) is 1. The highest BCUT2D eigenvalue weighted by atomic mass is 16.4. The normalized spacial score (nSPS) is 16.8. The van der Waals surface area contributed by atoms with Gasteiger partial charge in [0.2, 0.25) is 0 Å². The van der Waals surface area contributed by atoms with Crippen LogP contribution >= 0.6 is 0 Å². The minimum Gasteiger partial charge on any atom is -0.480 e. The smallest absolute Gasteiger partial charge is 0.320 e. The van der Waals surface area contributed by atoms with Crippen LogP contribution in [0.25, 0.3) is 0 Å². The van der Waals surface area contributed by atoms with E-state index >= 15 is 0 Å². The van der Waals surface area contributed by atoms with Gasteiger partial charge in [0.05, 0.1) is 6.17 Å². The summed E-state index contributed by atoms with van der Waals surface area (Å²) in [7, 11) is 0. The van der Waals surface area contributed by atoms with Gasteiger partial charge in [-0.25, -0.2) is 0 Å². The van der Waals surface area contributed by atoms with Crippen LogP contribution in [0.2, 0.25) is 0 Å². The molecule has 0 heterocycles. The summed E-state index contributed by atoms with van der Waals surface area (Å²) < 4.78 is 0. The Hall–Kier alpha value is -0.610. The van der Waals surface area contributed by atoms with Gasteiger partial charge in [-0.05, 0) is 13.8 Å². The molecule has 4 nitrogen and oxygen atoms in total. The Morgan fingerprint density at radius 2 is 2.11 bits per heavy atom. The van der Waals surface area contributed by atoms with E-state index in [0.29, 0.717) is 0 Å². The quantitative estimate of drug-likeness (QED) is 0.446. The van der Waals surface area contributed by atoms with Gasteiger partial charge in [-0.1, -0.05) is 0 Å². The van der Waals surface area contributed by atoms with Crippen LogP contribution in [0.1, 0.15) is 13.8 Å². The van der Waals surface area contributed by atoms with E-state index in [1.54, 1.807) is 13.8 Å². The molecule has 0 aromatic rings. The number of hydrogen-bond acceptors (Lipinski definition) is 3. The summed E-state index contributed by atoms with van der Waals surface area (Å²) in [5.41, 5.74) is 5.26. The predicted molar refractivity (Wildman–Crippen MR) is 33.9 cm³/mol. The summed E-state index contributed by atoms with van der Waals surface area (Å²) in [6.45, 7) is 3.24. The fourth-order valence-corrected chi connectivity index (χ4v) is 0.466. The molecule has 0 amide bonds. The summed E-state index contributed by atoms with van der Waals surface area (Å²) in [5, 5.41) is 10.9. The summed E-state index contributed by atoms with van der Waals surface area (Å²) in [5.74, 6) is -0.882. The molecule has 2 atom stereocenters. The standard InChI is InChI=1S/C5H12N2O2/c1-3(5(8)9)7-4(2)6/h3-4,7H,6H2,1-2H3,(H,8,9). The lowest BCUT2D eigenvalue weighted by molar-refractivity contribution is -0.139. The molecule has 0 aliphatic rings. The van der Waals surface area contributed by atoms with Crippen LogP contribution in [0.4, 0.5) is 0 Å². The van der Waals surface area contributed by atoms with E-state index in [2.05, 4.69) is 5.32 Å². The van der Waals surface area contributed by atoms with Gasteiger partial charge in [-0.2, -0.15) is 0 Å². The lowest BCUT2D eigenvalue weighted by Gasteiger charge is -2.11. The first-order valence-electron chi connectivity index (χ1n) is 2.78. The molecule has 0 saturated heterocycles. The predicted octanol–water partition coefficient (Wildman–Crippen LogP) is -0.646. The van der Waals surface area contributed by atoms with E-state index in [4.69, 9.17) is 10.8 Å². The Morgan fingerprint density at radius 3 is 2.22 bits per heavy atom. The fourth-order valence-electron chi connectivity index (χ4n) is 0.466. The molecule has 0 aliphatic carbocycles. The van der Waals surface area contributed by atoms with E-state index < -0.39 is 12.0 Å². The Bertz CT molecular complexity index is 103. The molecule has 2 unspecified atom stereocenters. The molecule has 0 aromatic carbocycles. The van der Waals surface area contributed by atoms with Crippen LogP contribution < -0.4 is 11.1 Å². The van der Waals surface area contributed by atoms with Crippen molar-refractivity contribution in [1.29, 1.82) is 0 Å². The van der Waals surface area contributed by atoms with Gasteiger partial charge in [-0.15, -0.1) is 0 Å². The maximum atomic E-state index is 10.1. The summed E-state index contributed by atoms with van der Waals surface area (Å²) in [6.07, 6.45) is -0.268. The van der Waals surface area contributed by atoms with E-state index in [9.17, 15) is 4.79 Å². The molecule has 0 rings (SSSR count). The maximum Gasteiger partial charge on any atom is 0.320 e. The summed E-state index contributed by atoms with van der Waals surface area (Å²) in [6, 6.07) is -0.565. The molecule has 0 fully saturated rings. The first kappa shape index (κ1) is 8.39. The van der Waals surface area contributed by atoms with E-state index in [-0.39, 0.29) is 6.17 Å². The highest BCUT2D eigenvalue weighted by Gasteiger charge is 2.09. The van der Waals surface area contributed by atoms with Crippen LogP contribution in [-0.2, 0) is 4.79 Å². The van der Waals surface area contributed by atoms with Crippen molar-refractivity contribution in [3.63, 3.8) is 0 Å². The van der Waals surface area contributed by atoms with Gasteiger partial charge in [0, 0.05) is 0 Å². The highest BCUT2D eigenvalue weighted by molar-refractivity contribution is 5.72. The Kier molecular flexibility index (Phi) is 3.19. The van der Waals surface area contributed by atoms with Crippen molar-refractivity contribution in [3.05, 3.63) is 0 Å². The zero-order valence-corrected chi connectivity index (χ0v) is 5.59. The van der Waals surface area contributed by atoms with E-state index in [1.165, 1.54) is 0 Å². The van der Waals surface area contributed by atoms with E-state index in [1.807, 2.05) is 0 Å². The minimum absolute atomic E-state index is 0.268. The third-order valence-corrected chi connectivity index (χ3v) is 0.883. The molecule has 54 valence electrons. The number of carbonyl (C=O) groups is 1. The number of nitrogens with two attached hydrogens (primary N) is 1. The number of aliphatic carboxylic acids is 1. The molecule has 0 bridgehead atoms. The van der Waals surface area contributed by atoms with Gasteiger partial charge in [0.1, 0.15) is 6.04 Å². The Labute approximate surface area is 54.0 Å². The molecule has 0 aromatic heterocycles. The van der Waals surface area contributed by atoms with Crippen LogP contribution in [-0.4, -0.2) is 23.3 Å². The first-order valence-corrected chi connectivity index (χ1v) is 2.78. The average Bonchev–Trinajstić information content (AvgIpc) is 1.63. The van der Waals surface area contributed by atoms with Gasteiger partial charge < -0.3 is 10.8 Å². The van der Waals surface area contributed by atoms with E-state index in [0.717, 1.165) is 0 Å². The Morgan fingerprint density at radius 1 is 1.67 bits per heavy atom. The monoisotopic (exact) mass is 132 g/mol. The number of carboxylic acids is 1. The molecule has 0 saturated carbocycles. The van der Waals surface area contributed by atoms with Gasteiger partial charge in [0.15, 0.2) is 0 Å². The molecule has 0 aliphatic heterocycles. The second kappa shape index (κ2) is 3.42. The van der Waals surface area contributed by atoms with Crippen LogP contribution in [0, 0.1) is 0 Å². The van der Waals surface area contributed by atoms with Crippen molar-refractivity contribution in [2.24, 2.45) is 5.73 Å². The van der Waals surface area contributed by atoms with Crippen molar-refractivity contribution >= 4 is 5.97 Å². The van der Waals surface area contributed by atoms with Crippen molar-refractivity contribution < 1.29 is 9.90 Å². The molecular weight excluding hydrogens is 120 g/mol. The molecule has 4 N–H and O–H groups in total. The third kappa shape index (κ3) is 3.93. The lowest BCUT2D eigenvalue weighted by atomic mass is 10.3. The molecule has 4 heteroatoms. The Balaban J connectivity index is 3.50. The molecular formula is C5H12N2O2. The number of rotatable bonds is 3. The molecule has 0 radical (unpaired) electrons. The zero-order valence-electron chi connectivity index (χ0n) is 5.59. The topological polar surface area (TPSA) is 75.3 Å². The lowest BCUT2D eigenvalue weighted by Crippen LogP contribution is -2.44. The van der Waals surface area contributed by atoms with Gasteiger partial charge >= 0.3 is 5.97 Å². The van der Waals surface area contributed by atoms with Gasteiger partial charge in [-0.3, -0.25) is 10.1 Å². The van der Waals surface area contributed by atoms with Crippen molar-refractivity contribution in [1.82, 2.24) is 5.32 Å². The molecule has 0 spiro atoms. The maximum absolute atomic E-state index is 10.1. The second-order valence-corrected chi connectivity index (χ2v) is 2.02. The number of nitrogens with one attached hydrogen (secondary N) is 1. The minimum atomic E-state index is -0.882. The third-order valence-electron chi connectivity index (χ3n) is 0.883. The summed E-state index contributed by atoms with van der Waals surface area (Å²) >= 11 is 0. The van der Waals surface area contributed by atoms with Crippen molar-refractivity contribution in [2.75, 3.05) is 0 Å². The van der Waals surface area contributed by atoms with Gasteiger partial charge in [0.25, 0.3) is 0 Å². The molecule has 9 heavy (non-hydrogen) atoms. The zero-order chi connectivity index (χ0) is 7.44.